The van der Waals surface area contributed by atoms with Gasteiger partial charge in [-0.3, -0.25) is 9.20 Å². The first-order chi connectivity index (χ1) is 8.29. The van der Waals surface area contributed by atoms with E-state index in [4.69, 9.17) is 6.42 Å². The molecule has 0 saturated carbocycles. The number of amides is 1. The van der Waals surface area contributed by atoms with E-state index < -0.39 is 0 Å². The van der Waals surface area contributed by atoms with Gasteiger partial charge in [0.25, 0.3) is 5.91 Å². The summed E-state index contributed by atoms with van der Waals surface area (Å²) in [6, 6.07) is 1.85. The monoisotopic (exact) mass is 261 g/mol. The number of fused-ring (bicyclic) bond motifs is 3. The zero-order chi connectivity index (χ0) is 11.8. The third-order valence-corrected chi connectivity index (χ3v) is 4.09. The van der Waals surface area contributed by atoms with Crippen LogP contribution < -0.4 is 5.32 Å². The SMILES string of the molecule is C#CCNC(=O)c1cc2c(nc3sccn32)s1. The minimum absolute atomic E-state index is 0.144. The predicted molar refractivity (Wildman–Crippen MR) is 69.6 cm³/mol. The molecule has 0 aliphatic carbocycles. The molecule has 0 aliphatic heterocycles. The highest BCUT2D eigenvalue weighted by Gasteiger charge is 2.14. The van der Waals surface area contributed by atoms with Crippen molar-refractivity contribution in [3.05, 3.63) is 22.5 Å². The molecule has 3 heterocycles. The highest BCUT2D eigenvalue weighted by molar-refractivity contribution is 7.21. The normalized spacial score (nSPS) is 10.8. The second-order valence-corrected chi connectivity index (χ2v) is 5.26. The molecule has 0 spiro atoms. The molecule has 0 aliphatic rings. The van der Waals surface area contributed by atoms with Crippen molar-refractivity contribution >= 4 is 43.9 Å². The molecule has 0 bridgehead atoms. The minimum atomic E-state index is -0.144. The molecule has 0 aromatic carbocycles. The number of rotatable bonds is 2. The number of nitrogens with one attached hydrogen (secondary N) is 1. The fourth-order valence-electron chi connectivity index (χ4n) is 1.58. The third-order valence-electron chi connectivity index (χ3n) is 2.31. The smallest absolute Gasteiger partial charge is 0.262 e. The highest BCUT2D eigenvalue weighted by atomic mass is 32.1. The Kier molecular flexibility index (Phi) is 2.35. The van der Waals surface area contributed by atoms with Gasteiger partial charge in [0.1, 0.15) is 4.83 Å². The van der Waals surface area contributed by atoms with Crippen LogP contribution in [0.3, 0.4) is 0 Å². The maximum Gasteiger partial charge on any atom is 0.262 e. The van der Waals surface area contributed by atoms with Gasteiger partial charge in [-0.15, -0.1) is 29.1 Å². The molecule has 3 aromatic heterocycles. The second-order valence-electron chi connectivity index (χ2n) is 3.36. The maximum atomic E-state index is 11.7. The average molecular weight is 261 g/mol. The van der Waals surface area contributed by atoms with E-state index in [1.54, 1.807) is 11.3 Å². The van der Waals surface area contributed by atoms with Crippen LogP contribution in [0.1, 0.15) is 9.67 Å². The Morgan fingerprint density at radius 2 is 2.53 bits per heavy atom. The van der Waals surface area contributed by atoms with Crippen LogP contribution in [0.4, 0.5) is 0 Å². The van der Waals surface area contributed by atoms with Gasteiger partial charge < -0.3 is 5.32 Å². The lowest BCUT2D eigenvalue weighted by atomic mass is 10.4. The molecule has 0 fully saturated rings. The predicted octanol–water partition coefficient (Wildman–Crippen LogP) is 1.97. The van der Waals surface area contributed by atoms with E-state index in [1.165, 1.54) is 11.3 Å². The number of thiazole rings is 1. The van der Waals surface area contributed by atoms with Crippen LogP contribution in [0.5, 0.6) is 0 Å². The van der Waals surface area contributed by atoms with Gasteiger partial charge in [-0.05, 0) is 6.07 Å². The van der Waals surface area contributed by atoms with Crippen LogP contribution >= 0.6 is 22.7 Å². The molecule has 0 saturated heterocycles. The van der Waals surface area contributed by atoms with Gasteiger partial charge in [0.05, 0.1) is 16.9 Å². The van der Waals surface area contributed by atoms with Crippen molar-refractivity contribution in [2.24, 2.45) is 0 Å². The topological polar surface area (TPSA) is 46.4 Å². The summed E-state index contributed by atoms with van der Waals surface area (Å²) in [5, 5.41) is 4.61. The molecular weight excluding hydrogens is 254 g/mol. The fourth-order valence-corrected chi connectivity index (χ4v) is 3.29. The van der Waals surface area contributed by atoms with Crippen molar-refractivity contribution in [1.29, 1.82) is 0 Å². The lowest BCUT2D eigenvalue weighted by molar-refractivity contribution is 0.0963. The third kappa shape index (κ3) is 1.60. The number of thiophene rings is 1. The summed E-state index contributed by atoms with van der Waals surface area (Å²) in [6.45, 7) is 0.245. The van der Waals surface area contributed by atoms with Crippen LogP contribution in [0.25, 0.3) is 15.3 Å². The zero-order valence-corrected chi connectivity index (χ0v) is 10.3. The summed E-state index contributed by atoms with van der Waals surface area (Å²) >= 11 is 2.96. The molecule has 0 unspecified atom stereocenters. The highest BCUT2D eigenvalue weighted by Crippen LogP contribution is 2.27. The molecule has 3 rings (SSSR count). The van der Waals surface area contributed by atoms with E-state index in [-0.39, 0.29) is 12.5 Å². The Labute approximate surface area is 105 Å². The van der Waals surface area contributed by atoms with Crippen molar-refractivity contribution in [3.63, 3.8) is 0 Å². The summed E-state index contributed by atoms with van der Waals surface area (Å²) in [4.78, 5) is 18.6. The number of terminal acetylenes is 1. The molecule has 84 valence electrons. The first kappa shape index (κ1) is 10.3. The summed E-state index contributed by atoms with van der Waals surface area (Å²) in [5.41, 5.74) is 0.970. The van der Waals surface area contributed by atoms with Crippen LogP contribution in [0.2, 0.25) is 0 Å². The number of carbonyl (C=O) groups excluding carboxylic acids is 1. The van der Waals surface area contributed by atoms with E-state index in [9.17, 15) is 4.79 Å². The molecule has 1 N–H and O–H groups in total. The number of nitrogens with zero attached hydrogens (tertiary/aromatic N) is 2. The maximum absolute atomic E-state index is 11.7. The van der Waals surface area contributed by atoms with E-state index >= 15 is 0 Å². The molecule has 0 radical (unpaired) electrons. The first-order valence-corrected chi connectivity index (χ1v) is 6.56. The van der Waals surface area contributed by atoms with Gasteiger partial charge in [0.15, 0.2) is 4.96 Å². The molecule has 0 atom stereocenters. The lowest BCUT2D eigenvalue weighted by Crippen LogP contribution is -2.22. The number of carbonyl (C=O) groups is 1. The first-order valence-electron chi connectivity index (χ1n) is 4.86. The van der Waals surface area contributed by atoms with Crippen molar-refractivity contribution in [3.8, 4) is 12.3 Å². The fraction of sp³-hybridized carbons (Fsp3) is 0.0909. The van der Waals surface area contributed by atoms with E-state index in [0.29, 0.717) is 4.88 Å². The van der Waals surface area contributed by atoms with Gasteiger partial charge in [-0.25, -0.2) is 4.98 Å². The lowest BCUT2D eigenvalue weighted by Gasteiger charge is -1.95. The number of imidazole rings is 1. The van der Waals surface area contributed by atoms with Crippen molar-refractivity contribution < 1.29 is 4.79 Å². The van der Waals surface area contributed by atoms with Gasteiger partial charge in [-0.2, -0.15) is 0 Å². The average Bonchev–Trinajstić information content (AvgIpc) is 2.95. The Bertz CT molecular complexity index is 744. The van der Waals surface area contributed by atoms with Crippen LogP contribution in [0, 0.1) is 12.3 Å². The summed E-state index contributed by atoms with van der Waals surface area (Å²) < 4.78 is 1.98. The molecule has 17 heavy (non-hydrogen) atoms. The zero-order valence-electron chi connectivity index (χ0n) is 8.64. The molecule has 6 heteroatoms. The van der Waals surface area contributed by atoms with Gasteiger partial charge >= 0.3 is 0 Å². The summed E-state index contributed by atoms with van der Waals surface area (Å²) in [6.07, 6.45) is 7.04. The number of hydrogen-bond acceptors (Lipinski definition) is 4. The minimum Gasteiger partial charge on any atom is -0.340 e. The number of hydrogen-bond donors (Lipinski definition) is 1. The van der Waals surface area contributed by atoms with Gasteiger partial charge in [-0.1, -0.05) is 5.92 Å². The molecular formula is C11H7N3OS2. The van der Waals surface area contributed by atoms with Crippen LogP contribution in [-0.4, -0.2) is 21.8 Å². The van der Waals surface area contributed by atoms with Crippen LogP contribution in [0.15, 0.2) is 17.6 Å². The quantitative estimate of drug-likeness (QED) is 0.717. The van der Waals surface area contributed by atoms with E-state index in [1.807, 2.05) is 22.0 Å². The Morgan fingerprint density at radius 3 is 3.35 bits per heavy atom. The number of aromatic nitrogens is 2. The summed E-state index contributed by atoms with van der Waals surface area (Å²) in [5.74, 6) is 2.23. The van der Waals surface area contributed by atoms with Crippen LogP contribution in [-0.2, 0) is 0 Å². The van der Waals surface area contributed by atoms with Crippen molar-refractivity contribution in [2.75, 3.05) is 6.54 Å². The van der Waals surface area contributed by atoms with Crippen molar-refractivity contribution in [2.45, 2.75) is 0 Å². The Balaban J connectivity index is 2.04. The van der Waals surface area contributed by atoms with Gasteiger partial charge in [0, 0.05) is 11.6 Å². The van der Waals surface area contributed by atoms with E-state index in [2.05, 4.69) is 16.2 Å². The molecule has 4 nitrogen and oxygen atoms in total. The molecule has 3 aromatic rings. The molecule has 1 amide bonds. The Morgan fingerprint density at radius 1 is 1.65 bits per heavy atom. The van der Waals surface area contributed by atoms with E-state index in [0.717, 1.165) is 15.3 Å². The summed E-state index contributed by atoms with van der Waals surface area (Å²) in [7, 11) is 0. The second kappa shape index (κ2) is 3.87. The standard InChI is InChI=1S/C11H7N3OS2/c1-2-3-12-9(15)8-6-7-10(17-8)13-11-14(7)4-5-16-11/h1,4-6H,3H2,(H,12,15). The van der Waals surface area contributed by atoms with Crippen molar-refractivity contribution in [1.82, 2.24) is 14.7 Å². The van der Waals surface area contributed by atoms with Gasteiger partial charge in [0.2, 0.25) is 0 Å². The Hall–Kier alpha value is -1.84. The largest absolute Gasteiger partial charge is 0.340 e.